The van der Waals surface area contributed by atoms with Crippen LogP contribution >= 0.6 is 0 Å². The molecule has 2 aromatic heterocycles. The van der Waals surface area contributed by atoms with Gasteiger partial charge in [-0.05, 0) is 35.9 Å². The fourth-order valence-corrected chi connectivity index (χ4v) is 3.92. The van der Waals surface area contributed by atoms with Crippen molar-refractivity contribution in [3.63, 3.8) is 0 Å². The Labute approximate surface area is 222 Å². The smallest absolute Gasteiger partial charge is 0.411 e. The maximum absolute atomic E-state index is 12.4. The average molecular weight is 542 g/mol. The minimum atomic E-state index is -4.60. The highest BCUT2D eigenvalue weighted by atomic mass is 19.4. The van der Waals surface area contributed by atoms with E-state index in [1.165, 1.54) is 7.11 Å². The number of halogens is 3. The van der Waals surface area contributed by atoms with Crippen molar-refractivity contribution in [1.29, 1.82) is 0 Å². The van der Waals surface area contributed by atoms with Crippen LogP contribution in [0.1, 0.15) is 16.8 Å². The van der Waals surface area contributed by atoms with Crippen LogP contribution in [-0.2, 0) is 27.3 Å². The molecule has 39 heavy (non-hydrogen) atoms. The molecule has 11 heteroatoms. The lowest BCUT2D eigenvalue weighted by atomic mass is 10.1. The summed E-state index contributed by atoms with van der Waals surface area (Å²) in [5, 5.41) is 14.3. The van der Waals surface area contributed by atoms with Gasteiger partial charge in [-0.3, -0.25) is 0 Å². The Morgan fingerprint density at radius 3 is 2.46 bits per heavy atom. The number of rotatable bonds is 12. The molecule has 1 atom stereocenters. The predicted molar refractivity (Wildman–Crippen MR) is 138 cm³/mol. The highest BCUT2D eigenvalue weighted by Gasteiger charge is 2.31. The molecule has 0 fully saturated rings. The first-order valence-corrected chi connectivity index (χ1v) is 12.0. The molecule has 0 amide bonds. The second kappa shape index (κ2) is 12.4. The van der Waals surface area contributed by atoms with Crippen LogP contribution in [-0.4, -0.2) is 58.9 Å². The van der Waals surface area contributed by atoms with Crippen molar-refractivity contribution in [1.82, 2.24) is 9.55 Å². The summed E-state index contributed by atoms with van der Waals surface area (Å²) in [6.07, 6.45) is -4.49. The van der Waals surface area contributed by atoms with Gasteiger partial charge in [0.1, 0.15) is 37.4 Å². The van der Waals surface area contributed by atoms with Crippen LogP contribution in [0.15, 0.2) is 84.1 Å². The number of aromatic nitrogens is 2. The number of alkyl halides is 3. The first-order chi connectivity index (χ1) is 18.7. The minimum Gasteiger partial charge on any atom is -0.492 e. The molecule has 4 aromatic rings. The quantitative estimate of drug-likeness (QED) is 0.198. The van der Waals surface area contributed by atoms with E-state index in [0.717, 1.165) is 16.6 Å². The SMILES string of the molecule is CON=C(c1ccccc1)c1ccc2ccn(CCOc3ccc(C[C@H](OCC(F)(F)F)C(=O)O)cc3)c2n1. The molecule has 0 spiro atoms. The van der Waals surface area contributed by atoms with Crippen LogP contribution < -0.4 is 4.74 Å². The van der Waals surface area contributed by atoms with Gasteiger partial charge in [-0.25, -0.2) is 9.78 Å². The Morgan fingerprint density at radius 2 is 1.79 bits per heavy atom. The summed E-state index contributed by atoms with van der Waals surface area (Å²) in [6, 6.07) is 21.9. The Hall–Kier alpha value is -4.38. The van der Waals surface area contributed by atoms with Gasteiger partial charge in [0.15, 0.2) is 6.10 Å². The third-order valence-corrected chi connectivity index (χ3v) is 5.75. The van der Waals surface area contributed by atoms with E-state index in [1.807, 2.05) is 59.3 Å². The number of carboxylic acid groups (broad SMARTS) is 1. The summed E-state index contributed by atoms with van der Waals surface area (Å²) in [5.74, 6) is -0.926. The van der Waals surface area contributed by atoms with Gasteiger partial charge in [-0.1, -0.05) is 47.6 Å². The zero-order valence-corrected chi connectivity index (χ0v) is 21.0. The van der Waals surface area contributed by atoms with Crippen molar-refractivity contribution < 1.29 is 37.4 Å². The van der Waals surface area contributed by atoms with E-state index >= 15 is 0 Å². The summed E-state index contributed by atoms with van der Waals surface area (Å²) in [7, 11) is 1.49. The van der Waals surface area contributed by atoms with Gasteiger partial charge in [0.25, 0.3) is 0 Å². The molecule has 4 rings (SSSR count). The molecule has 204 valence electrons. The number of ether oxygens (including phenoxy) is 2. The Kier molecular flexibility index (Phi) is 8.82. The van der Waals surface area contributed by atoms with E-state index < -0.39 is 24.9 Å². The molecule has 0 saturated carbocycles. The van der Waals surface area contributed by atoms with Crippen molar-refractivity contribution in [3.8, 4) is 5.75 Å². The monoisotopic (exact) mass is 541 g/mol. The van der Waals surface area contributed by atoms with E-state index in [-0.39, 0.29) is 6.42 Å². The summed E-state index contributed by atoms with van der Waals surface area (Å²) >= 11 is 0. The van der Waals surface area contributed by atoms with Crippen molar-refractivity contribution in [3.05, 3.63) is 95.8 Å². The van der Waals surface area contributed by atoms with Crippen LogP contribution in [0.25, 0.3) is 11.0 Å². The standard InChI is InChI=1S/C28H26F3N3O5/c1-37-33-25(20-5-3-2-4-6-20)23-12-9-21-13-14-34(26(21)32-23)15-16-38-22-10-7-19(8-11-22)17-24(27(35)36)39-18-28(29,30)31/h2-14,24H,15-18H2,1H3,(H,35,36)/t24-/m0/s1. The zero-order valence-electron chi connectivity index (χ0n) is 21.0. The van der Waals surface area contributed by atoms with Gasteiger partial charge < -0.3 is 24.0 Å². The minimum absolute atomic E-state index is 0.202. The summed E-state index contributed by atoms with van der Waals surface area (Å²) < 4.78 is 49.5. The lowest BCUT2D eigenvalue weighted by molar-refractivity contribution is -0.192. The maximum atomic E-state index is 12.4. The van der Waals surface area contributed by atoms with E-state index in [9.17, 15) is 18.0 Å². The number of fused-ring (bicyclic) bond motifs is 1. The highest BCUT2D eigenvalue weighted by Crippen LogP contribution is 2.20. The zero-order chi connectivity index (χ0) is 27.8. The van der Waals surface area contributed by atoms with Gasteiger partial charge in [0, 0.05) is 23.6 Å². The van der Waals surface area contributed by atoms with Crippen molar-refractivity contribution in [2.45, 2.75) is 25.2 Å². The molecule has 0 bridgehead atoms. The number of carboxylic acids is 1. The van der Waals surface area contributed by atoms with Crippen LogP contribution in [0, 0.1) is 0 Å². The van der Waals surface area contributed by atoms with Crippen LogP contribution in [0.3, 0.4) is 0 Å². The first kappa shape index (κ1) is 27.6. The number of carbonyl (C=O) groups is 1. The highest BCUT2D eigenvalue weighted by molar-refractivity contribution is 6.12. The number of hydrogen-bond donors (Lipinski definition) is 1. The summed E-state index contributed by atoms with van der Waals surface area (Å²) in [4.78, 5) is 21.1. The van der Waals surface area contributed by atoms with E-state index in [1.54, 1.807) is 24.3 Å². The number of pyridine rings is 1. The Bertz CT molecular complexity index is 1420. The molecule has 0 aliphatic heterocycles. The third kappa shape index (κ3) is 7.57. The largest absolute Gasteiger partial charge is 0.492 e. The van der Waals surface area contributed by atoms with Crippen LogP contribution in [0.4, 0.5) is 13.2 Å². The van der Waals surface area contributed by atoms with Gasteiger partial charge in [0.05, 0.1) is 12.2 Å². The van der Waals surface area contributed by atoms with E-state index in [4.69, 9.17) is 19.7 Å². The predicted octanol–water partition coefficient (Wildman–Crippen LogP) is 5.09. The second-order valence-corrected chi connectivity index (χ2v) is 8.56. The van der Waals surface area contributed by atoms with Gasteiger partial charge >= 0.3 is 12.1 Å². The lowest BCUT2D eigenvalue weighted by Gasteiger charge is -2.15. The molecule has 2 heterocycles. The van der Waals surface area contributed by atoms with Crippen LogP contribution in [0.5, 0.6) is 5.75 Å². The normalized spacial score (nSPS) is 12.9. The fourth-order valence-electron chi connectivity index (χ4n) is 3.92. The summed E-state index contributed by atoms with van der Waals surface area (Å²) in [6.45, 7) is -0.808. The number of oxime groups is 1. The fraction of sp³-hybridized carbons (Fsp3) is 0.250. The average Bonchev–Trinajstić information content (AvgIpc) is 3.32. The number of aliphatic carboxylic acids is 1. The molecule has 0 radical (unpaired) electrons. The number of benzene rings is 2. The van der Waals surface area contributed by atoms with Crippen LogP contribution in [0.2, 0.25) is 0 Å². The van der Waals surface area contributed by atoms with E-state index in [0.29, 0.717) is 35.9 Å². The van der Waals surface area contributed by atoms with E-state index in [2.05, 4.69) is 9.89 Å². The Morgan fingerprint density at radius 1 is 1.05 bits per heavy atom. The van der Waals surface area contributed by atoms with Gasteiger partial charge in [-0.15, -0.1) is 0 Å². The summed E-state index contributed by atoms with van der Waals surface area (Å²) in [5.41, 5.74) is 3.41. The molecule has 2 aromatic carbocycles. The molecule has 0 aliphatic carbocycles. The maximum Gasteiger partial charge on any atom is 0.411 e. The second-order valence-electron chi connectivity index (χ2n) is 8.56. The van der Waals surface area contributed by atoms with Crippen molar-refractivity contribution in [2.24, 2.45) is 5.16 Å². The molecule has 0 unspecified atom stereocenters. The topological polar surface area (TPSA) is 95.2 Å². The third-order valence-electron chi connectivity index (χ3n) is 5.75. The van der Waals surface area contributed by atoms with Gasteiger partial charge in [-0.2, -0.15) is 13.2 Å². The Balaban J connectivity index is 1.39. The molecule has 8 nitrogen and oxygen atoms in total. The number of nitrogens with zero attached hydrogens (tertiary/aromatic N) is 3. The first-order valence-electron chi connectivity index (χ1n) is 12.0. The van der Waals surface area contributed by atoms with Crippen molar-refractivity contribution >= 4 is 22.7 Å². The molecular weight excluding hydrogens is 515 g/mol. The molecule has 0 aliphatic rings. The molecular formula is C28H26F3N3O5. The molecule has 1 N–H and O–H groups in total. The lowest BCUT2D eigenvalue weighted by Crippen LogP contribution is -2.31. The molecule has 0 saturated heterocycles. The number of hydrogen-bond acceptors (Lipinski definition) is 6. The van der Waals surface area contributed by atoms with Crippen molar-refractivity contribution in [2.75, 3.05) is 20.3 Å². The van der Waals surface area contributed by atoms with Gasteiger partial charge in [0.2, 0.25) is 0 Å².